The third kappa shape index (κ3) is 4.17. The summed E-state index contributed by atoms with van der Waals surface area (Å²) in [5, 5.41) is 7.05. The van der Waals surface area contributed by atoms with Gasteiger partial charge >= 0.3 is 0 Å². The molecule has 6 heteroatoms. The number of amidine groups is 1. The van der Waals surface area contributed by atoms with E-state index < -0.39 is 0 Å². The van der Waals surface area contributed by atoms with Gasteiger partial charge in [-0.05, 0) is 49.4 Å². The highest BCUT2D eigenvalue weighted by Gasteiger charge is 2.29. The Morgan fingerprint density at radius 3 is 2.48 bits per heavy atom. The number of amides is 1. The minimum absolute atomic E-state index is 0.154. The summed E-state index contributed by atoms with van der Waals surface area (Å²) in [7, 11) is 1.63. The van der Waals surface area contributed by atoms with Crippen LogP contribution in [0.15, 0.2) is 64.8 Å². The fourth-order valence-corrected chi connectivity index (χ4v) is 3.44. The fraction of sp³-hybridized carbons (Fsp3) is 0.238. The number of thioether (sulfide) groups is 1. The summed E-state index contributed by atoms with van der Waals surface area (Å²) in [6.45, 7) is 3.88. The second-order valence-corrected chi connectivity index (χ2v) is 7.04. The first-order valence-corrected chi connectivity index (χ1v) is 9.86. The Labute approximate surface area is 163 Å². The monoisotopic (exact) mass is 381 g/mol. The topological polar surface area (TPSA) is 62.7 Å². The van der Waals surface area contributed by atoms with Crippen molar-refractivity contribution in [1.29, 1.82) is 0 Å². The lowest BCUT2D eigenvalue weighted by Crippen LogP contribution is -2.32. The van der Waals surface area contributed by atoms with Crippen LogP contribution in [0.5, 0.6) is 5.75 Å². The lowest BCUT2D eigenvalue weighted by Gasteiger charge is -2.26. The molecule has 0 aliphatic carbocycles. The molecule has 1 amide bonds. The van der Waals surface area contributed by atoms with Gasteiger partial charge in [-0.3, -0.25) is 4.79 Å². The molecule has 0 aromatic heterocycles. The molecule has 0 bridgehead atoms. The molecule has 1 aliphatic heterocycles. The van der Waals surface area contributed by atoms with Crippen molar-refractivity contribution in [2.75, 3.05) is 18.7 Å². The van der Waals surface area contributed by atoms with Crippen LogP contribution in [0.1, 0.15) is 24.1 Å². The predicted octanol–water partition coefficient (Wildman–Crippen LogP) is 4.28. The van der Waals surface area contributed by atoms with E-state index in [1.165, 1.54) is 11.8 Å². The Balaban J connectivity index is 1.96. The number of hydrogen-bond donors (Lipinski definition) is 2. The number of anilines is 1. The van der Waals surface area contributed by atoms with E-state index in [2.05, 4.69) is 10.6 Å². The van der Waals surface area contributed by atoms with E-state index in [1.807, 2.05) is 68.6 Å². The molecule has 27 heavy (non-hydrogen) atoms. The largest absolute Gasteiger partial charge is 0.497 e. The minimum atomic E-state index is -0.372. The average Bonchev–Trinajstić information content (AvgIpc) is 2.69. The molecule has 0 spiro atoms. The van der Waals surface area contributed by atoms with E-state index in [9.17, 15) is 4.79 Å². The Kier molecular flexibility index (Phi) is 5.86. The van der Waals surface area contributed by atoms with Gasteiger partial charge in [0.05, 0.1) is 12.7 Å². The van der Waals surface area contributed by atoms with Gasteiger partial charge in [0.25, 0.3) is 5.91 Å². The zero-order chi connectivity index (χ0) is 19.4. The number of allylic oxidation sites excluding steroid dienone is 1. The van der Waals surface area contributed by atoms with Crippen molar-refractivity contribution in [3.05, 3.63) is 70.9 Å². The lowest BCUT2D eigenvalue weighted by atomic mass is 9.95. The van der Waals surface area contributed by atoms with Gasteiger partial charge in [0.1, 0.15) is 11.8 Å². The van der Waals surface area contributed by atoms with Crippen molar-refractivity contribution in [3.8, 4) is 5.75 Å². The Bertz CT molecular complexity index is 904. The zero-order valence-electron chi connectivity index (χ0n) is 15.9. The van der Waals surface area contributed by atoms with Gasteiger partial charge in [0.2, 0.25) is 0 Å². The molecule has 1 atom stereocenters. The lowest BCUT2D eigenvalue weighted by molar-refractivity contribution is -0.113. The molecule has 0 saturated heterocycles. The third-order valence-electron chi connectivity index (χ3n) is 4.48. The van der Waals surface area contributed by atoms with Crippen LogP contribution in [0, 0.1) is 6.92 Å². The number of ether oxygens (including phenoxy) is 1. The molecule has 2 aromatic rings. The van der Waals surface area contributed by atoms with Gasteiger partial charge in [-0.25, -0.2) is 4.99 Å². The first-order chi connectivity index (χ1) is 13.0. The van der Waals surface area contributed by atoms with Gasteiger partial charge < -0.3 is 15.4 Å². The Hall–Kier alpha value is -2.73. The number of aliphatic imine (C=N–C) groups is 1. The van der Waals surface area contributed by atoms with Crippen molar-refractivity contribution < 1.29 is 9.53 Å². The quantitative estimate of drug-likeness (QED) is 0.830. The number of nitrogens with zero attached hydrogens (tertiary/aromatic N) is 1. The molecule has 1 unspecified atom stereocenters. The molecule has 140 valence electrons. The first kappa shape index (κ1) is 19.0. The number of carbonyl (C=O) groups is 1. The summed E-state index contributed by atoms with van der Waals surface area (Å²) in [5.41, 5.74) is 4.18. The fourth-order valence-electron chi connectivity index (χ4n) is 2.98. The number of nitrogens with one attached hydrogen (secondary N) is 2. The van der Waals surface area contributed by atoms with Crippen LogP contribution in [0.2, 0.25) is 0 Å². The molecular formula is C21H23N3O2S. The van der Waals surface area contributed by atoms with E-state index in [0.29, 0.717) is 5.57 Å². The second-order valence-electron chi connectivity index (χ2n) is 6.25. The van der Waals surface area contributed by atoms with Crippen LogP contribution in [-0.2, 0) is 4.79 Å². The molecule has 1 aliphatic rings. The highest BCUT2D eigenvalue weighted by atomic mass is 32.2. The van der Waals surface area contributed by atoms with Crippen LogP contribution in [0.4, 0.5) is 5.69 Å². The highest BCUT2D eigenvalue weighted by molar-refractivity contribution is 8.13. The number of benzene rings is 2. The average molecular weight is 382 g/mol. The van der Waals surface area contributed by atoms with Gasteiger partial charge in [-0.15, -0.1) is 0 Å². The third-order valence-corrected chi connectivity index (χ3v) is 5.08. The summed E-state index contributed by atoms with van der Waals surface area (Å²) in [6.07, 6.45) is 1.96. The van der Waals surface area contributed by atoms with Crippen LogP contribution in [0.25, 0.3) is 0 Å². The Morgan fingerprint density at radius 1 is 1.15 bits per heavy atom. The molecule has 2 N–H and O–H groups in total. The van der Waals surface area contributed by atoms with Gasteiger partial charge in [0, 0.05) is 11.4 Å². The summed E-state index contributed by atoms with van der Waals surface area (Å²) >= 11 is 1.52. The molecule has 1 heterocycles. The summed E-state index contributed by atoms with van der Waals surface area (Å²) in [5.74, 6) is 0.618. The first-order valence-electron chi connectivity index (χ1n) is 8.64. The van der Waals surface area contributed by atoms with E-state index in [0.717, 1.165) is 33.4 Å². The van der Waals surface area contributed by atoms with Crippen molar-refractivity contribution in [1.82, 2.24) is 5.32 Å². The molecular weight excluding hydrogens is 358 g/mol. The van der Waals surface area contributed by atoms with Crippen LogP contribution in [0.3, 0.4) is 0 Å². The molecule has 3 rings (SSSR count). The van der Waals surface area contributed by atoms with Crippen LogP contribution < -0.4 is 15.4 Å². The van der Waals surface area contributed by atoms with Crippen LogP contribution in [-0.4, -0.2) is 24.4 Å². The number of methoxy groups -OCH3 is 1. The summed E-state index contributed by atoms with van der Waals surface area (Å²) in [4.78, 5) is 17.9. The van der Waals surface area contributed by atoms with E-state index in [-0.39, 0.29) is 11.9 Å². The van der Waals surface area contributed by atoms with Gasteiger partial charge in [0.15, 0.2) is 5.17 Å². The molecule has 0 saturated carbocycles. The van der Waals surface area contributed by atoms with Gasteiger partial charge in [-0.2, -0.15) is 0 Å². The molecule has 0 radical (unpaired) electrons. The van der Waals surface area contributed by atoms with Gasteiger partial charge in [-0.1, -0.05) is 42.1 Å². The summed E-state index contributed by atoms with van der Waals surface area (Å²) in [6, 6.07) is 15.0. The normalized spacial score (nSPS) is 16.4. The Morgan fingerprint density at radius 2 is 1.85 bits per heavy atom. The minimum Gasteiger partial charge on any atom is -0.497 e. The highest BCUT2D eigenvalue weighted by Crippen LogP contribution is 2.33. The maximum absolute atomic E-state index is 13.1. The standard InChI is InChI=1S/C21H23N3O2S/c1-13-7-5-6-8-17(13)23-20(25)18-14(2)22-21(27-4)24-19(18)15-9-11-16(26-3)12-10-15/h5-12,19H,1-4H3,(H,22,24)(H,23,25). The van der Waals surface area contributed by atoms with E-state index in [4.69, 9.17) is 9.73 Å². The van der Waals surface area contributed by atoms with Crippen molar-refractivity contribution in [3.63, 3.8) is 0 Å². The zero-order valence-corrected chi connectivity index (χ0v) is 16.7. The smallest absolute Gasteiger partial charge is 0.255 e. The molecule has 2 aromatic carbocycles. The van der Waals surface area contributed by atoms with E-state index >= 15 is 0 Å². The molecule has 0 fully saturated rings. The van der Waals surface area contributed by atoms with Crippen LogP contribution >= 0.6 is 11.8 Å². The number of hydrogen-bond acceptors (Lipinski definition) is 5. The molecule has 5 nitrogen and oxygen atoms in total. The maximum atomic E-state index is 13.1. The maximum Gasteiger partial charge on any atom is 0.255 e. The van der Waals surface area contributed by atoms with Crippen molar-refractivity contribution in [2.45, 2.75) is 19.9 Å². The van der Waals surface area contributed by atoms with Crippen molar-refractivity contribution in [2.24, 2.45) is 4.99 Å². The predicted molar refractivity (Wildman–Crippen MR) is 112 cm³/mol. The SMILES string of the molecule is COc1ccc(C2N=C(SC)NC(C)=C2C(=O)Nc2ccccc2C)cc1. The van der Waals surface area contributed by atoms with E-state index in [1.54, 1.807) is 7.11 Å². The second kappa shape index (κ2) is 8.31. The summed E-state index contributed by atoms with van der Waals surface area (Å²) < 4.78 is 5.24. The number of carbonyl (C=O) groups excluding carboxylic acids is 1. The number of rotatable bonds is 4. The van der Waals surface area contributed by atoms with Crippen molar-refractivity contribution >= 4 is 28.5 Å². The number of aryl methyl sites for hydroxylation is 1. The number of para-hydroxylation sites is 1.